The van der Waals surface area contributed by atoms with Gasteiger partial charge in [0, 0.05) is 17.2 Å². The Labute approximate surface area is 129 Å². The molecule has 0 aliphatic carbocycles. The molecule has 0 spiro atoms. The van der Waals surface area contributed by atoms with Gasteiger partial charge >= 0.3 is 0 Å². The number of hydrogen-bond donors (Lipinski definition) is 1. The van der Waals surface area contributed by atoms with E-state index in [4.69, 9.17) is 11.6 Å². The zero-order valence-corrected chi connectivity index (χ0v) is 13.1. The van der Waals surface area contributed by atoms with Gasteiger partial charge in [-0.15, -0.1) is 0 Å². The minimum Gasteiger partial charge on any atom is -0.342 e. The van der Waals surface area contributed by atoms with Crippen molar-refractivity contribution < 1.29 is 9.18 Å². The highest BCUT2D eigenvalue weighted by molar-refractivity contribution is 9.10. The minimum absolute atomic E-state index is 0.0204. The molecule has 6 heteroatoms. The second-order valence-electron chi connectivity index (χ2n) is 4.29. The van der Waals surface area contributed by atoms with Crippen LogP contribution in [0.15, 0.2) is 34.9 Å². The molecule has 20 heavy (non-hydrogen) atoms. The second-order valence-corrected chi connectivity index (χ2v) is 5.62. The molecule has 1 heterocycles. The number of carbonyl (C=O) groups is 1. The summed E-state index contributed by atoms with van der Waals surface area (Å²) in [6, 6.07) is 6.19. The number of amides is 1. The number of aromatic nitrogens is 1. The molecular formula is C14H13BrClFN2O. The van der Waals surface area contributed by atoms with Gasteiger partial charge < -0.3 is 9.88 Å². The summed E-state index contributed by atoms with van der Waals surface area (Å²) in [4.78, 5) is 12.2. The highest BCUT2D eigenvalue weighted by Crippen LogP contribution is 2.23. The first kappa shape index (κ1) is 15.1. The van der Waals surface area contributed by atoms with E-state index in [0.717, 1.165) is 10.9 Å². The van der Waals surface area contributed by atoms with E-state index in [-0.39, 0.29) is 16.6 Å². The molecule has 1 amide bonds. The van der Waals surface area contributed by atoms with Crippen LogP contribution in [0.5, 0.6) is 0 Å². The van der Waals surface area contributed by atoms with Crippen molar-refractivity contribution in [2.24, 2.45) is 0 Å². The molecule has 0 aliphatic rings. The Balaban J connectivity index is 2.26. The standard InChI is InChI=1S/C14H13BrClFN2O/c1-2-6-19-8-9(15)7-12(19)14(20)18-11-5-3-4-10(16)13(11)17/h3-5,7-8H,2,6H2,1H3,(H,18,20). The Kier molecular flexibility index (Phi) is 4.83. The highest BCUT2D eigenvalue weighted by atomic mass is 79.9. The van der Waals surface area contributed by atoms with Gasteiger partial charge in [0.05, 0.1) is 10.7 Å². The molecule has 0 fully saturated rings. The van der Waals surface area contributed by atoms with Crippen molar-refractivity contribution in [2.45, 2.75) is 19.9 Å². The lowest BCUT2D eigenvalue weighted by Gasteiger charge is -2.09. The molecule has 0 saturated carbocycles. The van der Waals surface area contributed by atoms with Gasteiger partial charge in [-0.1, -0.05) is 24.6 Å². The number of nitrogens with zero attached hydrogens (tertiary/aromatic N) is 1. The van der Waals surface area contributed by atoms with Crippen LogP contribution in [0.4, 0.5) is 10.1 Å². The molecule has 2 rings (SSSR count). The van der Waals surface area contributed by atoms with E-state index >= 15 is 0 Å². The summed E-state index contributed by atoms with van der Waals surface area (Å²) >= 11 is 9.03. The quantitative estimate of drug-likeness (QED) is 0.843. The van der Waals surface area contributed by atoms with Gasteiger partial charge in [0.25, 0.3) is 5.91 Å². The normalized spacial score (nSPS) is 10.6. The number of anilines is 1. The lowest BCUT2D eigenvalue weighted by molar-refractivity contribution is 0.101. The zero-order chi connectivity index (χ0) is 14.7. The molecule has 0 saturated heterocycles. The van der Waals surface area contributed by atoms with E-state index in [2.05, 4.69) is 21.2 Å². The smallest absolute Gasteiger partial charge is 0.272 e. The predicted octanol–water partition coefficient (Wildman–Crippen LogP) is 4.71. The van der Waals surface area contributed by atoms with Crippen LogP contribution in [0.3, 0.4) is 0 Å². The van der Waals surface area contributed by atoms with Crippen molar-refractivity contribution in [2.75, 3.05) is 5.32 Å². The van der Waals surface area contributed by atoms with E-state index in [1.165, 1.54) is 12.1 Å². The van der Waals surface area contributed by atoms with Gasteiger partial charge in [-0.05, 0) is 40.5 Å². The van der Waals surface area contributed by atoms with Gasteiger partial charge in [-0.2, -0.15) is 0 Å². The van der Waals surface area contributed by atoms with Crippen LogP contribution in [-0.4, -0.2) is 10.5 Å². The maximum absolute atomic E-state index is 13.8. The molecular weight excluding hydrogens is 347 g/mol. The monoisotopic (exact) mass is 358 g/mol. The summed E-state index contributed by atoms with van der Waals surface area (Å²) < 4.78 is 16.4. The Morgan fingerprint density at radius 3 is 2.95 bits per heavy atom. The van der Waals surface area contributed by atoms with Gasteiger partial charge in [0.15, 0.2) is 5.82 Å². The number of carbonyl (C=O) groups excluding carboxylic acids is 1. The fraction of sp³-hybridized carbons (Fsp3) is 0.214. The number of nitrogens with one attached hydrogen (secondary N) is 1. The fourth-order valence-corrected chi connectivity index (χ4v) is 2.52. The third-order valence-electron chi connectivity index (χ3n) is 2.76. The summed E-state index contributed by atoms with van der Waals surface area (Å²) in [5.74, 6) is -1.000. The maximum atomic E-state index is 13.8. The molecule has 106 valence electrons. The molecule has 0 atom stereocenters. The van der Waals surface area contributed by atoms with Crippen molar-refractivity contribution in [3.63, 3.8) is 0 Å². The Bertz CT molecular complexity index is 642. The molecule has 1 N–H and O–H groups in total. The number of rotatable bonds is 4. The molecule has 0 bridgehead atoms. The molecule has 1 aromatic carbocycles. The van der Waals surface area contributed by atoms with Gasteiger partial charge in [0.1, 0.15) is 5.69 Å². The first-order chi connectivity index (χ1) is 9.52. The number of hydrogen-bond acceptors (Lipinski definition) is 1. The first-order valence-electron chi connectivity index (χ1n) is 6.14. The van der Waals surface area contributed by atoms with Crippen molar-refractivity contribution >= 4 is 39.1 Å². The molecule has 0 radical (unpaired) electrons. The summed E-state index contributed by atoms with van der Waals surface area (Å²) in [5, 5.41) is 2.52. The van der Waals surface area contributed by atoms with Gasteiger partial charge in [-0.3, -0.25) is 4.79 Å². The van der Waals surface area contributed by atoms with Gasteiger partial charge in [-0.25, -0.2) is 4.39 Å². The van der Waals surface area contributed by atoms with Crippen molar-refractivity contribution in [1.82, 2.24) is 4.57 Å². The lowest BCUT2D eigenvalue weighted by Crippen LogP contribution is -2.17. The zero-order valence-electron chi connectivity index (χ0n) is 10.8. The number of aryl methyl sites for hydroxylation is 1. The van der Waals surface area contributed by atoms with Gasteiger partial charge in [0.2, 0.25) is 0 Å². The topological polar surface area (TPSA) is 34.0 Å². The fourth-order valence-electron chi connectivity index (χ4n) is 1.88. The van der Waals surface area contributed by atoms with E-state index in [9.17, 15) is 9.18 Å². The number of benzene rings is 1. The van der Waals surface area contributed by atoms with E-state index in [1.54, 1.807) is 12.1 Å². The third kappa shape index (κ3) is 3.22. The Morgan fingerprint density at radius 2 is 2.25 bits per heavy atom. The number of halogens is 3. The van der Waals surface area contributed by atoms with E-state index in [0.29, 0.717) is 12.2 Å². The SMILES string of the molecule is CCCn1cc(Br)cc1C(=O)Nc1cccc(Cl)c1F. The first-order valence-corrected chi connectivity index (χ1v) is 7.31. The van der Waals surface area contributed by atoms with Crippen LogP contribution in [0.25, 0.3) is 0 Å². The van der Waals surface area contributed by atoms with E-state index < -0.39 is 5.82 Å². The van der Waals surface area contributed by atoms with Crippen molar-refractivity contribution in [3.05, 3.63) is 51.5 Å². The largest absolute Gasteiger partial charge is 0.342 e. The van der Waals surface area contributed by atoms with Crippen LogP contribution in [-0.2, 0) is 6.54 Å². The average Bonchev–Trinajstić information content (AvgIpc) is 2.76. The van der Waals surface area contributed by atoms with Crippen LogP contribution < -0.4 is 5.32 Å². The Hall–Kier alpha value is -1.33. The van der Waals surface area contributed by atoms with Crippen LogP contribution in [0.2, 0.25) is 5.02 Å². The second kappa shape index (κ2) is 6.41. The minimum atomic E-state index is -0.629. The Morgan fingerprint density at radius 1 is 1.50 bits per heavy atom. The summed E-state index contributed by atoms with van der Waals surface area (Å²) in [6.45, 7) is 2.73. The van der Waals surface area contributed by atoms with E-state index in [1.807, 2.05) is 17.7 Å². The van der Waals surface area contributed by atoms with Crippen molar-refractivity contribution in [1.29, 1.82) is 0 Å². The lowest BCUT2D eigenvalue weighted by atomic mass is 10.3. The summed E-state index contributed by atoms with van der Waals surface area (Å²) in [6.07, 6.45) is 2.72. The maximum Gasteiger partial charge on any atom is 0.272 e. The molecule has 2 aromatic rings. The third-order valence-corrected chi connectivity index (χ3v) is 3.49. The molecule has 0 unspecified atom stereocenters. The average molecular weight is 360 g/mol. The van der Waals surface area contributed by atoms with Crippen LogP contribution in [0, 0.1) is 5.82 Å². The summed E-state index contributed by atoms with van der Waals surface area (Å²) in [7, 11) is 0. The predicted molar refractivity (Wildman–Crippen MR) is 81.8 cm³/mol. The van der Waals surface area contributed by atoms with Crippen molar-refractivity contribution in [3.8, 4) is 0 Å². The molecule has 3 nitrogen and oxygen atoms in total. The molecule has 0 aliphatic heterocycles. The summed E-state index contributed by atoms with van der Waals surface area (Å²) in [5.41, 5.74) is 0.543. The van der Waals surface area contributed by atoms with Crippen LogP contribution >= 0.6 is 27.5 Å². The molecule has 1 aromatic heterocycles. The van der Waals surface area contributed by atoms with Crippen LogP contribution in [0.1, 0.15) is 23.8 Å². The highest BCUT2D eigenvalue weighted by Gasteiger charge is 2.15.